The summed E-state index contributed by atoms with van der Waals surface area (Å²) in [5, 5.41) is 0. The second-order valence-corrected chi connectivity index (χ2v) is 5.27. The normalized spacial score (nSPS) is 22.9. The van der Waals surface area contributed by atoms with Gasteiger partial charge in [-0.25, -0.2) is 8.78 Å². The van der Waals surface area contributed by atoms with Crippen molar-refractivity contribution in [3.63, 3.8) is 0 Å². The average molecular weight is 315 g/mol. The Morgan fingerprint density at radius 2 is 1.90 bits per heavy atom. The van der Waals surface area contributed by atoms with Crippen LogP contribution >= 0.6 is 11.8 Å². The molecule has 0 fully saturated rings. The van der Waals surface area contributed by atoms with E-state index >= 15 is 0 Å². The first-order valence-electron chi connectivity index (χ1n) is 5.24. The molecule has 9 heteroatoms. The van der Waals surface area contributed by atoms with Crippen LogP contribution < -0.4 is 4.74 Å². The van der Waals surface area contributed by atoms with Gasteiger partial charge in [-0.2, -0.15) is 22.5 Å². The van der Waals surface area contributed by atoms with Gasteiger partial charge in [-0.15, -0.1) is 11.8 Å². The standard InChI is InChI=1S/C11H7F6NOS/c1-10(3-7(20-4-10)11(15,16)17)19-9-6(13)2-5(12)8(14)18-9/h2-3H,4H2,1H3. The van der Waals surface area contributed by atoms with E-state index in [9.17, 15) is 26.3 Å². The van der Waals surface area contributed by atoms with Gasteiger partial charge in [0.25, 0.3) is 11.8 Å². The van der Waals surface area contributed by atoms with Gasteiger partial charge in [-0.1, -0.05) is 0 Å². The van der Waals surface area contributed by atoms with Gasteiger partial charge in [0.1, 0.15) is 5.60 Å². The zero-order valence-corrected chi connectivity index (χ0v) is 10.7. The molecule has 2 rings (SSSR count). The number of thioether (sulfide) groups is 1. The minimum Gasteiger partial charge on any atom is -0.464 e. The summed E-state index contributed by atoms with van der Waals surface area (Å²) in [6.07, 6.45) is -3.77. The van der Waals surface area contributed by atoms with Gasteiger partial charge in [-0.3, -0.25) is 0 Å². The molecule has 110 valence electrons. The van der Waals surface area contributed by atoms with E-state index in [4.69, 9.17) is 4.74 Å². The maximum absolute atomic E-state index is 13.3. The zero-order valence-electron chi connectivity index (χ0n) is 9.89. The lowest BCUT2D eigenvalue weighted by atomic mass is 10.1. The Morgan fingerprint density at radius 3 is 2.45 bits per heavy atom. The van der Waals surface area contributed by atoms with Crippen molar-refractivity contribution in [3.8, 4) is 5.88 Å². The monoisotopic (exact) mass is 315 g/mol. The van der Waals surface area contributed by atoms with Crippen molar-refractivity contribution < 1.29 is 31.1 Å². The van der Waals surface area contributed by atoms with Crippen molar-refractivity contribution in [2.24, 2.45) is 0 Å². The fraction of sp³-hybridized carbons (Fsp3) is 0.364. The quantitative estimate of drug-likeness (QED) is 0.612. The lowest BCUT2D eigenvalue weighted by Crippen LogP contribution is -2.31. The van der Waals surface area contributed by atoms with Crippen LogP contribution in [0.3, 0.4) is 0 Å². The highest BCUT2D eigenvalue weighted by Gasteiger charge is 2.43. The Morgan fingerprint density at radius 1 is 1.25 bits per heavy atom. The van der Waals surface area contributed by atoms with Crippen LogP contribution in [0, 0.1) is 17.6 Å². The first kappa shape index (κ1) is 15.0. The average Bonchev–Trinajstić information content (AvgIpc) is 2.68. The molecule has 1 aliphatic heterocycles. The lowest BCUT2D eigenvalue weighted by molar-refractivity contribution is -0.0841. The summed E-state index contributed by atoms with van der Waals surface area (Å²) in [4.78, 5) is 2.02. The minimum absolute atomic E-state index is 0.151. The molecule has 2 heterocycles. The molecule has 1 atom stereocenters. The van der Waals surface area contributed by atoms with Crippen LogP contribution in [0.1, 0.15) is 6.92 Å². The number of halogens is 6. The van der Waals surface area contributed by atoms with Crippen LogP contribution in [0.5, 0.6) is 5.88 Å². The SMILES string of the molecule is CC1(Oc2nc(F)c(F)cc2F)C=C(C(F)(F)F)SC1. The van der Waals surface area contributed by atoms with Crippen molar-refractivity contribution in [2.45, 2.75) is 18.7 Å². The molecule has 0 amide bonds. The van der Waals surface area contributed by atoms with E-state index in [1.54, 1.807) is 0 Å². The largest absolute Gasteiger partial charge is 0.464 e. The highest BCUT2D eigenvalue weighted by Crippen LogP contribution is 2.43. The van der Waals surface area contributed by atoms with E-state index in [0.29, 0.717) is 11.8 Å². The molecule has 0 saturated heterocycles. The number of allylic oxidation sites excluding steroid dienone is 1. The third kappa shape index (κ3) is 3.02. The topological polar surface area (TPSA) is 22.1 Å². The molecule has 0 saturated carbocycles. The van der Waals surface area contributed by atoms with Gasteiger partial charge in [-0.05, 0) is 13.0 Å². The van der Waals surface area contributed by atoms with E-state index in [0.717, 1.165) is 6.08 Å². The van der Waals surface area contributed by atoms with Gasteiger partial charge >= 0.3 is 6.18 Å². The maximum Gasteiger partial charge on any atom is 0.422 e. The summed E-state index contributed by atoms with van der Waals surface area (Å²) in [5.41, 5.74) is -1.51. The van der Waals surface area contributed by atoms with E-state index < -0.39 is 40.1 Å². The second-order valence-electron chi connectivity index (χ2n) is 4.26. The molecule has 0 aliphatic carbocycles. The summed E-state index contributed by atoms with van der Waals surface area (Å²) in [6, 6.07) is 0.220. The minimum atomic E-state index is -4.54. The summed E-state index contributed by atoms with van der Waals surface area (Å²) in [5.74, 6) is -5.42. The van der Waals surface area contributed by atoms with Crippen LogP contribution in [0.25, 0.3) is 0 Å². The number of pyridine rings is 1. The first-order chi connectivity index (χ1) is 9.11. The van der Waals surface area contributed by atoms with Crippen LogP contribution in [0.2, 0.25) is 0 Å². The van der Waals surface area contributed by atoms with Crippen molar-refractivity contribution >= 4 is 11.8 Å². The highest BCUT2D eigenvalue weighted by atomic mass is 32.2. The van der Waals surface area contributed by atoms with Crippen LogP contribution in [-0.2, 0) is 0 Å². The van der Waals surface area contributed by atoms with Crippen LogP contribution in [0.4, 0.5) is 26.3 Å². The number of hydrogen-bond donors (Lipinski definition) is 0. The Balaban J connectivity index is 2.27. The first-order valence-corrected chi connectivity index (χ1v) is 6.23. The Hall–Kier alpha value is -1.38. The Labute approximate surface area is 113 Å². The molecule has 1 aromatic heterocycles. The van der Waals surface area contributed by atoms with Crippen molar-refractivity contribution in [1.29, 1.82) is 0 Å². The molecule has 0 radical (unpaired) electrons. The Bertz CT molecular complexity index is 573. The third-order valence-electron chi connectivity index (χ3n) is 2.41. The highest BCUT2D eigenvalue weighted by molar-refractivity contribution is 8.03. The zero-order chi connectivity index (χ0) is 15.1. The molecule has 0 N–H and O–H groups in total. The molecule has 0 aromatic carbocycles. The number of alkyl halides is 3. The number of ether oxygens (including phenoxy) is 1. The summed E-state index contributed by atoms with van der Waals surface area (Å²) in [7, 11) is 0. The molecule has 1 aliphatic rings. The summed E-state index contributed by atoms with van der Waals surface area (Å²) >= 11 is 0.482. The molecule has 0 bridgehead atoms. The van der Waals surface area contributed by atoms with E-state index in [1.165, 1.54) is 6.92 Å². The van der Waals surface area contributed by atoms with Crippen molar-refractivity contribution in [3.05, 3.63) is 34.6 Å². The maximum atomic E-state index is 13.3. The van der Waals surface area contributed by atoms with E-state index in [2.05, 4.69) is 4.98 Å². The molecule has 2 nitrogen and oxygen atoms in total. The van der Waals surface area contributed by atoms with Crippen molar-refractivity contribution in [1.82, 2.24) is 4.98 Å². The van der Waals surface area contributed by atoms with Gasteiger partial charge in [0.05, 0.1) is 4.91 Å². The number of hydrogen-bond acceptors (Lipinski definition) is 3. The van der Waals surface area contributed by atoms with Crippen LogP contribution in [-0.4, -0.2) is 22.5 Å². The van der Waals surface area contributed by atoms with Gasteiger partial charge in [0.15, 0.2) is 11.6 Å². The molecule has 1 unspecified atom stereocenters. The number of nitrogens with zero attached hydrogens (tertiary/aromatic N) is 1. The smallest absolute Gasteiger partial charge is 0.422 e. The molecular formula is C11H7F6NOS. The van der Waals surface area contributed by atoms with Gasteiger partial charge in [0, 0.05) is 11.8 Å². The third-order valence-corrected chi connectivity index (χ3v) is 3.79. The lowest BCUT2D eigenvalue weighted by Gasteiger charge is -2.22. The molecule has 20 heavy (non-hydrogen) atoms. The van der Waals surface area contributed by atoms with E-state index in [1.807, 2.05) is 0 Å². The number of rotatable bonds is 2. The van der Waals surface area contributed by atoms with Gasteiger partial charge < -0.3 is 4.74 Å². The van der Waals surface area contributed by atoms with E-state index in [-0.39, 0.29) is 11.8 Å². The summed E-state index contributed by atoms with van der Waals surface area (Å²) < 4.78 is 81.4. The van der Waals surface area contributed by atoms with Crippen molar-refractivity contribution in [2.75, 3.05) is 5.75 Å². The predicted octanol–water partition coefficient (Wildman–Crippen LogP) is 3.83. The molecular weight excluding hydrogens is 308 g/mol. The van der Waals surface area contributed by atoms with Gasteiger partial charge in [0.2, 0.25) is 0 Å². The molecule has 0 spiro atoms. The number of aromatic nitrogens is 1. The second kappa shape index (κ2) is 4.87. The summed E-state index contributed by atoms with van der Waals surface area (Å²) in [6.45, 7) is 1.27. The molecule has 1 aromatic rings. The Kier molecular flexibility index (Phi) is 3.66. The predicted molar refractivity (Wildman–Crippen MR) is 59.7 cm³/mol. The van der Waals surface area contributed by atoms with Crippen LogP contribution in [0.15, 0.2) is 17.0 Å². The fourth-order valence-electron chi connectivity index (χ4n) is 1.53. The fourth-order valence-corrected chi connectivity index (χ4v) is 2.61.